The van der Waals surface area contributed by atoms with Gasteiger partial charge in [0.2, 0.25) is 0 Å². The van der Waals surface area contributed by atoms with E-state index in [-0.39, 0.29) is 17.6 Å². The van der Waals surface area contributed by atoms with Crippen LogP contribution in [0.2, 0.25) is 0 Å². The Balaban J connectivity index is 1.55. The fourth-order valence-corrected chi connectivity index (χ4v) is 3.20. The van der Waals surface area contributed by atoms with Gasteiger partial charge in [-0.25, -0.2) is 4.39 Å². The molecular formula is C21H25FN4O2. The Bertz CT molecular complexity index is 817. The molecule has 0 unspecified atom stereocenters. The van der Waals surface area contributed by atoms with E-state index < -0.39 is 0 Å². The number of nitrogens with zero attached hydrogens (tertiary/aromatic N) is 3. The molecule has 1 aliphatic heterocycles. The van der Waals surface area contributed by atoms with Crippen LogP contribution >= 0.6 is 0 Å². The van der Waals surface area contributed by atoms with Crippen molar-refractivity contribution in [2.45, 2.75) is 13.3 Å². The van der Waals surface area contributed by atoms with Gasteiger partial charge in [-0.1, -0.05) is 19.1 Å². The molecule has 1 aromatic carbocycles. The van der Waals surface area contributed by atoms with E-state index in [9.17, 15) is 14.0 Å². The predicted octanol–water partition coefficient (Wildman–Crippen LogP) is 1.97. The second-order valence-electron chi connectivity index (χ2n) is 6.82. The molecule has 3 rings (SSSR count). The molecule has 28 heavy (non-hydrogen) atoms. The van der Waals surface area contributed by atoms with Gasteiger partial charge in [0.1, 0.15) is 5.82 Å². The summed E-state index contributed by atoms with van der Waals surface area (Å²) in [4.78, 5) is 33.3. The van der Waals surface area contributed by atoms with Crippen LogP contribution < -0.4 is 5.32 Å². The van der Waals surface area contributed by atoms with Gasteiger partial charge in [-0.3, -0.25) is 14.6 Å². The molecule has 2 amide bonds. The number of rotatable bonds is 6. The van der Waals surface area contributed by atoms with Crippen molar-refractivity contribution in [3.05, 3.63) is 65.2 Å². The highest BCUT2D eigenvalue weighted by Gasteiger charge is 2.22. The zero-order valence-corrected chi connectivity index (χ0v) is 16.0. The largest absolute Gasteiger partial charge is 0.352 e. The number of hydrogen-bond donors (Lipinski definition) is 1. The summed E-state index contributed by atoms with van der Waals surface area (Å²) in [6, 6.07) is 7.78. The normalized spacial score (nSPS) is 14.7. The molecule has 0 saturated carbocycles. The lowest BCUT2D eigenvalue weighted by Crippen LogP contribution is -2.48. The van der Waals surface area contributed by atoms with Crippen LogP contribution in [0.5, 0.6) is 0 Å². The van der Waals surface area contributed by atoms with E-state index in [2.05, 4.69) is 22.1 Å². The Morgan fingerprint density at radius 1 is 1.07 bits per heavy atom. The molecule has 1 aromatic heterocycles. The van der Waals surface area contributed by atoms with Gasteiger partial charge in [-0.2, -0.15) is 0 Å². The first-order valence-electron chi connectivity index (χ1n) is 9.56. The van der Waals surface area contributed by atoms with Crippen LogP contribution in [0.1, 0.15) is 33.2 Å². The monoisotopic (exact) mass is 384 g/mol. The van der Waals surface area contributed by atoms with Gasteiger partial charge in [0.05, 0.1) is 11.1 Å². The second-order valence-corrected chi connectivity index (χ2v) is 6.82. The minimum Gasteiger partial charge on any atom is -0.352 e. The van der Waals surface area contributed by atoms with Crippen molar-refractivity contribution in [3.63, 3.8) is 0 Å². The van der Waals surface area contributed by atoms with Crippen LogP contribution in [0.4, 0.5) is 4.39 Å². The summed E-state index contributed by atoms with van der Waals surface area (Å²) in [6.45, 7) is 6.60. The molecule has 1 fully saturated rings. The molecule has 0 spiro atoms. The molecule has 0 bridgehead atoms. The summed E-state index contributed by atoms with van der Waals surface area (Å²) in [7, 11) is 0. The zero-order valence-electron chi connectivity index (χ0n) is 16.0. The lowest BCUT2D eigenvalue weighted by atomic mass is 10.1. The van der Waals surface area contributed by atoms with Gasteiger partial charge in [0, 0.05) is 45.1 Å². The number of piperazine rings is 1. The van der Waals surface area contributed by atoms with Crippen molar-refractivity contribution in [2.75, 3.05) is 39.3 Å². The van der Waals surface area contributed by atoms with E-state index >= 15 is 0 Å². The first-order chi connectivity index (χ1) is 13.6. The summed E-state index contributed by atoms with van der Waals surface area (Å²) in [5.41, 5.74) is 1.73. The van der Waals surface area contributed by atoms with Gasteiger partial charge < -0.3 is 15.1 Å². The number of carbonyl (C=O) groups excluding carboxylic acids is 2. The average molecular weight is 384 g/mol. The third-order valence-electron chi connectivity index (χ3n) is 4.97. The van der Waals surface area contributed by atoms with Gasteiger partial charge >= 0.3 is 0 Å². The van der Waals surface area contributed by atoms with Crippen molar-refractivity contribution in [3.8, 4) is 0 Å². The Labute approximate surface area is 164 Å². The Kier molecular flexibility index (Phi) is 6.71. The second kappa shape index (κ2) is 9.41. The van der Waals surface area contributed by atoms with Crippen LogP contribution in [-0.2, 0) is 6.42 Å². The standard InChI is InChI=1S/C21H25FN4O2/c1-2-25-9-11-26(12-10-25)21(28)18-13-17(14-23-15-18)20(27)24-8-7-16-3-5-19(22)6-4-16/h3-6,13-15H,2,7-12H2,1H3,(H,24,27). The molecule has 0 aliphatic carbocycles. The van der Waals surface area contributed by atoms with Crippen LogP contribution in [0.25, 0.3) is 0 Å². The number of aromatic nitrogens is 1. The molecule has 2 aromatic rings. The number of likely N-dealkylation sites (N-methyl/N-ethyl adjacent to an activating group) is 1. The highest BCUT2D eigenvalue weighted by Crippen LogP contribution is 2.10. The maximum absolute atomic E-state index is 12.9. The quantitative estimate of drug-likeness (QED) is 0.827. The predicted molar refractivity (Wildman–Crippen MR) is 105 cm³/mol. The van der Waals surface area contributed by atoms with Crippen LogP contribution in [-0.4, -0.2) is 65.9 Å². The third kappa shape index (κ3) is 5.13. The van der Waals surface area contributed by atoms with Gasteiger partial charge in [-0.05, 0) is 36.7 Å². The highest BCUT2D eigenvalue weighted by atomic mass is 19.1. The fourth-order valence-electron chi connectivity index (χ4n) is 3.20. The number of carbonyl (C=O) groups is 2. The maximum atomic E-state index is 12.9. The van der Waals surface area contributed by atoms with Crippen molar-refractivity contribution >= 4 is 11.8 Å². The first kappa shape index (κ1) is 19.9. The van der Waals surface area contributed by atoms with Crippen LogP contribution in [0.3, 0.4) is 0 Å². The van der Waals surface area contributed by atoms with E-state index in [0.29, 0.717) is 37.2 Å². The van der Waals surface area contributed by atoms with E-state index in [1.165, 1.54) is 24.5 Å². The van der Waals surface area contributed by atoms with Crippen molar-refractivity contribution in [1.82, 2.24) is 20.1 Å². The molecule has 1 saturated heterocycles. The summed E-state index contributed by atoms with van der Waals surface area (Å²) in [5, 5.41) is 2.82. The molecular weight excluding hydrogens is 359 g/mol. The maximum Gasteiger partial charge on any atom is 0.255 e. The smallest absolute Gasteiger partial charge is 0.255 e. The molecule has 0 atom stereocenters. The molecule has 6 nitrogen and oxygen atoms in total. The van der Waals surface area contributed by atoms with Crippen molar-refractivity contribution in [2.24, 2.45) is 0 Å². The topological polar surface area (TPSA) is 65.5 Å². The Morgan fingerprint density at radius 3 is 2.43 bits per heavy atom. The van der Waals surface area contributed by atoms with Crippen LogP contribution in [0, 0.1) is 5.82 Å². The number of amides is 2. The Morgan fingerprint density at radius 2 is 1.75 bits per heavy atom. The van der Waals surface area contributed by atoms with E-state index in [1.807, 2.05) is 0 Å². The third-order valence-corrected chi connectivity index (χ3v) is 4.97. The fraction of sp³-hybridized carbons (Fsp3) is 0.381. The minimum absolute atomic E-state index is 0.0933. The highest BCUT2D eigenvalue weighted by molar-refractivity contribution is 5.99. The molecule has 7 heteroatoms. The van der Waals surface area contributed by atoms with Crippen molar-refractivity contribution < 1.29 is 14.0 Å². The van der Waals surface area contributed by atoms with Gasteiger partial charge in [0.25, 0.3) is 11.8 Å². The molecule has 1 aliphatic rings. The minimum atomic E-state index is -0.281. The average Bonchev–Trinajstić information content (AvgIpc) is 2.74. The summed E-state index contributed by atoms with van der Waals surface area (Å²) >= 11 is 0. The lowest BCUT2D eigenvalue weighted by molar-refractivity contribution is 0.0643. The first-order valence-corrected chi connectivity index (χ1v) is 9.56. The van der Waals surface area contributed by atoms with E-state index in [4.69, 9.17) is 0 Å². The van der Waals surface area contributed by atoms with Crippen LogP contribution in [0.15, 0.2) is 42.7 Å². The number of benzene rings is 1. The van der Waals surface area contributed by atoms with E-state index in [0.717, 1.165) is 25.2 Å². The molecule has 2 heterocycles. The number of pyridine rings is 1. The Hall–Kier alpha value is -2.80. The summed E-state index contributed by atoms with van der Waals surface area (Å²) in [5.74, 6) is -0.652. The zero-order chi connectivity index (χ0) is 19.9. The molecule has 0 radical (unpaired) electrons. The lowest BCUT2D eigenvalue weighted by Gasteiger charge is -2.34. The summed E-state index contributed by atoms with van der Waals surface area (Å²) in [6.07, 6.45) is 3.56. The van der Waals surface area contributed by atoms with E-state index in [1.54, 1.807) is 23.1 Å². The number of nitrogens with one attached hydrogen (secondary N) is 1. The SMILES string of the molecule is CCN1CCN(C(=O)c2cncc(C(=O)NCCc3ccc(F)cc3)c2)CC1. The number of halogens is 1. The number of hydrogen-bond acceptors (Lipinski definition) is 4. The van der Waals surface area contributed by atoms with Crippen molar-refractivity contribution in [1.29, 1.82) is 0 Å². The van der Waals surface area contributed by atoms with Gasteiger partial charge in [0.15, 0.2) is 0 Å². The summed E-state index contributed by atoms with van der Waals surface area (Å²) < 4.78 is 12.9. The molecule has 148 valence electrons. The van der Waals surface area contributed by atoms with Gasteiger partial charge in [-0.15, -0.1) is 0 Å². The molecule has 1 N–H and O–H groups in total.